The fourth-order valence-electron chi connectivity index (χ4n) is 5.40. The van der Waals surface area contributed by atoms with Gasteiger partial charge in [-0.05, 0) is 77.0 Å². The number of phosphoric acid groups is 1. The molecule has 0 radical (unpaired) electrons. The second-order valence-electron chi connectivity index (χ2n) is 14.1. The first-order valence-corrected chi connectivity index (χ1v) is 23.0. The molecule has 0 heterocycles. The van der Waals surface area contributed by atoms with Gasteiger partial charge in [0.1, 0.15) is 12.1 Å². The standard InChI is InChI=1S/C45H78NO9P/c1-3-5-7-9-11-13-15-16-17-18-19-20-21-22-23-24-25-26-27-29-31-33-35-37-44(47)55-42(40-53-56(50,51)54-41-43(46)45(48)49)39-52-38-36-34-32-30-28-14-12-10-8-6-4-2/h5,7-8,10-11,13,16-17,19-20,22-23,42-43H,3-4,6,9,12,14-15,18,21,24-41,46H2,1-2H3,(H,48,49)(H,50,51)/b7-5-,10-8-,13-11-,17-16-,20-19-,23-22-. The Kier molecular flexibility index (Phi) is 38.7. The zero-order valence-corrected chi connectivity index (χ0v) is 35.8. The zero-order valence-electron chi connectivity index (χ0n) is 35.0. The Morgan fingerprint density at radius 2 is 1.04 bits per heavy atom. The van der Waals surface area contributed by atoms with Gasteiger partial charge >= 0.3 is 19.8 Å². The molecule has 322 valence electrons. The highest BCUT2D eigenvalue weighted by Crippen LogP contribution is 2.43. The van der Waals surface area contributed by atoms with Gasteiger partial charge in [-0.1, -0.05) is 151 Å². The van der Waals surface area contributed by atoms with E-state index in [9.17, 15) is 19.0 Å². The molecule has 0 saturated heterocycles. The van der Waals surface area contributed by atoms with Crippen molar-refractivity contribution in [2.45, 2.75) is 174 Å². The summed E-state index contributed by atoms with van der Waals surface area (Å²) in [5.41, 5.74) is 5.35. The van der Waals surface area contributed by atoms with Crippen LogP contribution in [-0.2, 0) is 32.7 Å². The monoisotopic (exact) mass is 808 g/mol. The number of carboxylic acid groups (broad SMARTS) is 1. The van der Waals surface area contributed by atoms with Crippen molar-refractivity contribution in [1.29, 1.82) is 0 Å². The summed E-state index contributed by atoms with van der Waals surface area (Å²) in [5, 5.41) is 8.88. The zero-order chi connectivity index (χ0) is 41.2. The summed E-state index contributed by atoms with van der Waals surface area (Å²) in [7, 11) is -4.62. The Morgan fingerprint density at radius 1 is 0.589 bits per heavy atom. The van der Waals surface area contributed by atoms with Crippen molar-refractivity contribution in [3.63, 3.8) is 0 Å². The molecule has 0 aliphatic heterocycles. The molecule has 0 aromatic carbocycles. The van der Waals surface area contributed by atoms with Crippen molar-refractivity contribution in [3.8, 4) is 0 Å². The lowest BCUT2D eigenvalue weighted by molar-refractivity contribution is -0.154. The molecule has 11 heteroatoms. The quantitative estimate of drug-likeness (QED) is 0.0236. The number of hydrogen-bond donors (Lipinski definition) is 3. The first kappa shape index (κ1) is 53.4. The summed E-state index contributed by atoms with van der Waals surface area (Å²) in [6.45, 7) is 3.66. The molecule has 0 aliphatic carbocycles. The number of allylic oxidation sites excluding steroid dienone is 12. The summed E-state index contributed by atoms with van der Waals surface area (Å²) < 4.78 is 33.3. The lowest BCUT2D eigenvalue weighted by Crippen LogP contribution is -2.34. The number of aliphatic carboxylic acids is 1. The molecule has 4 N–H and O–H groups in total. The van der Waals surface area contributed by atoms with E-state index < -0.39 is 45.1 Å². The van der Waals surface area contributed by atoms with Crippen LogP contribution in [0.4, 0.5) is 0 Å². The van der Waals surface area contributed by atoms with Crippen molar-refractivity contribution in [2.24, 2.45) is 5.73 Å². The molecule has 0 aromatic heterocycles. The maximum atomic E-state index is 12.6. The Hall–Kier alpha value is -2.59. The van der Waals surface area contributed by atoms with Gasteiger partial charge in [0.05, 0.1) is 19.8 Å². The molecular formula is C45H78NO9P. The highest BCUT2D eigenvalue weighted by Gasteiger charge is 2.27. The van der Waals surface area contributed by atoms with Gasteiger partial charge in [0.15, 0.2) is 0 Å². The molecule has 0 rings (SSSR count). The minimum atomic E-state index is -4.62. The number of hydrogen-bond acceptors (Lipinski definition) is 8. The van der Waals surface area contributed by atoms with Crippen molar-refractivity contribution < 1.29 is 42.7 Å². The normalized spacial score (nSPS) is 14.6. The predicted molar refractivity (Wildman–Crippen MR) is 230 cm³/mol. The average Bonchev–Trinajstić information content (AvgIpc) is 3.18. The summed E-state index contributed by atoms with van der Waals surface area (Å²) in [4.78, 5) is 33.5. The van der Waals surface area contributed by atoms with Crippen molar-refractivity contribution in [1.82, 2.24) is 0 Å². The lowest BCUT2D eigenvalue weighted by Gasteiger charge is -2.20. The summed E-state index contributed by atoms with van der Waals surface area (Å²) >= 11 is 0. The Balaban J connectivity index is 4.22. The number of ether oxygens (including phenoxy) is 2. The minimum absolute atomic E-state index is 0.00406. The van der Waals surface area contributed by atoms with Crippen LogP contribution in [-0.4, -0.2) is 60.5 Å². The first-order valence-electron chi connectivity index (χ1n) is 21.5. The molecule has 10 nitrogen and oxygen atoms in total. The number of carbonyl (C=O) groups excluding carboxylic acids is 1. The number of unbranched alkanes of at least 4 members (excludes halogenated alkanes) is 14. The van der Waals surface area contributed by atoms with Crippen LogP contribution in [0.3, 0.4) is 0 Å². The van der Waals surface area contributed by atoms with Gasteiger partial charge in [-0.2, -0.15) is 0 Å². The molecule has 0 saturated carbocycles. The number of carbonyl (C=O) groups is 2. The van der Waals surface area contributed by atoms with Gasteiger partial charge < -0.3 is 25.2 Å². The van der Waals surface area contributed by atoms with E-state index in [1.807, 2.05) is 0 Å². The first-order chi connectivity index (χ1) is 27.2. The molecule has 0 aromatic rings. The van der Waals surface area contributed by atoms with Gasteiger partial charge in [0.25, 0.3) is 0 Å². The second kappa shape index (κ2) is 40.6. The molecule has 0 fully saturated rings. The lowest BCUT2D eigenvalue weighted by atomic mass is 10.1. The number of phosphoric ester groups is 1. The fraction of sp³-hybridized carbons (Fsp3) is 0.689. The topological polar surface area (TPSA) is 155 Å². The summed E-state index contributed by atoms with van der Waals surface area (Å²) in [6, 6.07) is -1.48. The van der Waals surface area contributed by atoms with Gasteiger partial charge in [0, 0.05) is 13.0 Å². The Bertz CT molecular complexity index is 1160. The van der Waals surface area contributed by atoms with E-state index in [-0.39, 0.29) is 13.0 Å². The Labute approximate surface area is 340 Å². The van der Waals surface area contributed by atoms with Crippen LogP contribution >= 0.6 is 7.82 Å². The SMILES string of the molecule is CC/C=C\C/C=C\C/C=C\C/C=C\C/C=C\CCCCCCCCCC(=O)OC(COCCCCCCCC/C=C\CCC)COP(=O)(O)OCC(N)C(=O)O. The largest absolute Gasteiger partial charge is 0.480 e. The van der Waals surface area contributed by atoms with Gasteiger partial charge in [-0.15, -0.1) is 0 Å². The van der Waals surface area contributed by atoms with Crippen LogP contribution in [0.25, 0.3) is 0 Å². The fourth-order valence-corrected chi connectivity index (χ4v) is 6.17. The van der Waals surface area contributed by atoms with E-state index in [1.54, 1.807) is 0 Å². The summed E-state index contributed by atoms with van der Waals surface area (Å²) in [6.07, 6.45) is 49.5. The van der Waals surface area contributed by atoms with Crippen LogP contribution in [0.1, 0.15) is 162 Å². The minimum Gasteiger partial charge on any atom is -0.480 e. The van der Waals surface area contributed by atoms with Crippen molar-refractivity contribution in [3.05, 3.63) is 72.9 Å². The average molecular weight is 808 g/mol. The van der Waals surface area contributed by atoms with E-state index in [4.69, 9.17) is 29.4 Å². The van der Waals surface area contributed by atoms with Crippen LogP contribution in [0, 0.1) is 0 Å². The summed E-state index contributed by atoms with van der Waals surface area (Å²) in [5.74, 6) is -1.80. The van der Waals surface area contributed by atoms with Gasteiger partial charge in [0.2, 0.25) is 0 Å². The highest BCUT2D eigenvalue weighted by molar-refractivity contribution is 7.47. The van der Waals surface area contributed by atoms with E-state index in [1.165, 1.54) is 44.9 Å². The van der Waals surface area contributed by atoms with Gasteiger partial charge in [-0.3, -0.25) is 18.6 Å². The van der Waals surface area contributed by atoms with E-state index in [0.29, 0.717) is 13.0 Å². The molecule has 56 heavy (non-hydrogen) atoms. The number of nitrogens with two attached hydrogens (primary N) is 1. The molecule has 0 amide bonds. The molecule has 3 atom stereocenters. The third kappa shape index (κ3) is 39.6. The predicted octanol–water partition coefficient (Wildman–Crippen LogP) is 11.8. The number of rotatable bonds is 40. The molecule has 3 unspecified atom stereocenters. The molecular weight excluding hydrogens is 729 g/mol. The van der Waals surface area contributed by atoms with E-state index in [2.05, 4.69) is 86.8 Å². The third-order valence-electron chi connectivity index (χ3n) is 8.70. The third-order valence-corrected chi connectivity index (χ3v) is 9.65. The molecule has 0 spiro atoms. The smallest absolute Gasteiger partial charge is 0.472 e. The Morgan fingerprint density at radius 3 is 1.57 bits per heavy atom. The van der Waals surface area contributed by atoms with Crippen molar-refractivity contribution in [2.75, 3.05) is 26.4 Å². The van der Waals surface area contributed by atoms with Crippen LogP contribution < -0.4 is 5.73 Å². The maximum absolute atomic E-state index is 12.6. The van der Waals surface area contributed by atoms with Crippen molar-refractivity contribution >= 4 is 19.8 Å². The maximum Gasteiger partial charge on any atom is 0.472 e. The van der Waals surface area contributed by atoms with Gasteiger partial charge in [-0.25, -0.2) is 4.57 Å². The van der Waals surface area contributed by atoms with Crippen LogP contribution in [0.2, 0.25) is 0 Å². The number of esters is 1. The number of carboxylic acids is 1. The molecule has 0 aliphatic rings. The highest BCUT2D eigenvalue weighted by atomic mass is 31.2. The molecule has 0 bridgehead atoms. The van der Waals surface area contributed by atoms with Crippen LogP contribution in [0.5, 0.6) is 0 Å². The van der Waals surface area contributed by atoms with E-state index >= 15 is 0 Å². The second-order valence-corrected chi connectivity index (χ2v) is 15.5. The van der Waals surface area contributed by atoms with Crippen LogP contribution in [0.15, 0.2) is 72.9 Å². The van der Waals surface area contributed by atoms with E-state index in [0.717, 1.165) is 89.9 Å².